The summed E-state index contributed by atoms with van der Waals surface area (Å²) in [6, 6.07) is 11.8. The third kappa shape index (κ3) is 4.10. The number of halogens is 1. The highest BCUT2D eigenvalue weighted by Gasteiger charge is 2.28. The zero-order chi connectivity index (χ0) is 19.4. The fourth-order valence-electron chi connectivity index (χ4n) is 2.49. The first kappa shape index (κ1) is 19.7. The number of hydrogen-bond acceptors (Lipinski definition) is 6. The number of benzene rings is 2. The Balaban J connectivity index is 2.07. The monoisotopic (exact) mass is 468 g/mol. The van der Waals surface area contributed by atoms with Gasteiger partial charge in [0.2, 0.25) is 0 Å². The summed E-state index contributed by atoms with van der Waals surface area (Å²) < 4.78 is 39.1. The van der Waals surface area contributed by atoms with E-state index in [9.17, 15) is 8.42 Å². The fourth-order valence-corrected chi connectivity index (χ4v) is 5.22. The van der Waals surface area contributed by atoms with Crippen molar-refractivity contribution in [2.75, 3.05) is 18.5 Å². The molecule has 6 nitrogen and oxygen atoms in total. The minimum atomic E-state index is -3.79. The first-order valence-electron chi connectivity index (χ1n) is 7.85. The van der Waals surface area contributed by atoms with Gasteiger partial charge in [0.25, 0.3) is 10.0 Å². The number of aromatic nitrogens is 1. The zero-order valence-corrected chi connectivity index (χ0v) is 17.8. The van der Waals surface area contributed by atoms with Crippen molar-refractivity contribution in [3.05, 3.63) is 64.1 Å². The molecule has 142 valence electrons. The van der Waals surface area contributed by atoms with Crippen LogP contribution in [0.2, 0.25) is 0 Å². The van der Waals surface area contributed by atoms with Crippen LogP contribution in [0.4, 0.5) is 5.13 Å². The first-order valence-corrected chi connectivity index (χ1v) is 11.0. The maximum Gasteiger partial charge on any atom is 0.266 e. The van der Waals surface area contributed by atoms with Crippen LogP contribution in [-0.2, 0) is 16.6 Å². The van der Waals surface area contributed by atoms with E-state index in [1.165, 1.54) is 22.8 Å². The topological polar surface area (TPSA) is 68.7 Å². The van der Waals surface area contributed by atoms with Crippen molar-refractivity contribution in [1.82, 2.24) is 4.98 Å². The molecule has 0 atom stereocenters. The van der Waals surface area contributed by atoms with Crippen LogP contribution in [0.3, 0.4) is 0 Å². The van der Waals surface area contributed by atoms with Crippen LogP contribution < -0.4 is 13.8 Å². The summed E-state index contributed by atoms with van der Waals surface area (Å²) in [5, 5.41) is 2.13. The number of anilines is 1. The van der Waals surface area contributed by atoms with Crippen molar-refractivity contribution in [2.45, 2.75) is 11.4 Å². The van der Waals surface area contributed by atoms with Crippen molar-refractivity contribution < 1.29 is 17.9 Å². The standard InChI is InChI=1S/C18H17BrN2O4S2/c1-24-16-10-13(15(19)11-17(16)25-2)12-21(18-20-8-9-26-18)27(22,23)14-6-4-3-5-7-14/h3-11H,12H2,1-2H3. The molecule has 1 heterocycles. The molecule has 0 unspecified atom stereocenters. The summed E-state index contributed by atoms with van der Waals surface area (Å²) in [6.07, 6.45) is 1.58. The number of rotatable bonds is 7. The molecule has 0 aliphatic heterocycles. The van der Waals surface area contributed by atoms with E-state index in [1.54, 1.807) is 61.2 Å². The van der Waals surface area contributed by atoms with Gasteiger partial charge in [0.1, 0.15) is 0 Å². The highest BCUT2D eigenvalue weighted by atomic mass is 79.9. The Hall–Kier alpha value is -2.10. The molecule has 0 saturated heterocycles. The Morgan fingerprint density at radius 1 is 1.11 bits per heavy atom. The number of sulfonamides is 1. The summed E-state index contributed by atoms with van der Waals surface area (Å²) in [7, 11) is -0.702. The number of hydrogen-bond donors (Lipinski definition) is 0. The number of nitrogens with zero attached hydrogens (tertiary/aromatic N) is 2. The minimum absolute atomic E-state index is 0.0890. The van der Waals surface area contributed by atoms with Gasteiger partial charge in [0.15, 0.2) is 16.6 Å². The molecule has 0 fully saturated rings. The second-order valence-corrected chi connectivity index (χ2v) is 9.03. The molecule has 1 aromatic heterocycles. The molecular weight excluding hydrogens is 452 g/mol. The molecule has 0 amide bonds. The lowest BCUT2D eigenvalue weighted by Crippen LogP contribution is -2.30. The molecule has 2 aromatic carbocycles. The molecule has 9 heteroatoms. The van der Waals surface area contributed by atoms with Gasteiger partial charge in [-0.1, -0.05) is 34.1 Å². The van der Waals surface area contributed by atoms with E-state index < -0.39 is 10.0 Å². The van der Waals surface area contributed by atoms with Crippen LogP contribution in [0.1, 0.15) is 5.56 Å². The lowest BCUT2D eigenvalue weighted by Gasteiger charge is -2.23. The Morgan fingerprint density at radius 3 is 2.37 bits per heavy atom. The number of methoxy groups -OCH3 is 2. The van der Waals surface area contributed by atoms with Crippen LogP contribution in [0.25, 0.3) is 0 Å². The lowest BCUT2D eigenvalue weighted by molar-refractivity contribution is 0.354. The molecule has 0 N–H and O–H groups in total. The highest BCUT2D eigenvalue weighted by molar-refractivity contribution is 9.10. The predicted molar refractivity (Wildman–Crippen MR) is 109 cm³/mol. The Morgan fingerprint density at radius 2 is 1.78 bits per heavy atom. The summed E-state index contributed by atoms with van der Waals surface area (Å²) >= 11 is 4.75. The highest BCUT2D eigenvalue weighted by Crippen LogP contribution is 2.36. The van der Waals surface area contributed by atoms with Gasteiger partial charge in [-0.2, -0.15) is 0 Å². The van der Waals surface area contributed by atoms with E-state index in [4.69, 9.17) is 9.47 Å². The third-order valence-electron chi connectivity index (χ3n) is 3.83. The second-order valence-electron chi connectivity index (χ2n) is 5.44. The SMILES string of the molecule is COc1cc(Br)c(CN(c2nccs2)S(=O)(=O)c2ccccc2)cc1OC. The molecule has 27 heavy (non-hydrogen) atoms. The van der Waals surface area contributed by atoms with Crippen LogP contribution >= 0.6 is 27.3 Å². The van der Waals surface area contributed by atoms with Crippen molar-refractivity contribution in [3.8, 4) is 11.5 Å². The number of ether oxygens (including phenoxy) is 2. The fraction of sp³-hybridized carbons (Fsp3) is 0.167. The quantitative estimate of drug-likeness (QED) is 0.516. The Kier molecular flexibility index (Phi) is 6.03. The molecule has 0 radical (unpaired) electrons. The average Bonchev–Trinajstić information content (AvgIpc) is 3.21. The van der Waals surface area contributed by atoms with E-state index in [0.717, 1.165) is 5.56 Å². The largest absolute Gasteiger partial charge is 0.493 e. The van der Waals surface area contributed by atoms with E-state index in [0.29, 0.717) is 21.1 Å². The van der Waals surface area contributed by atoms with Gasteiger partial charge < -0.3 is 9.47 Å². The summed E-state index contributed by atoms with van der Waals surface area (Å²) in [4.78, 5) is 4.41. The molecular formula is C18H17BrN2O4S2. The van der Waals surface area contributed by atoms with Gasteiger partial charge in [-0.05, 0) is 29.8 Å². The van der Waals surface area contributed by atoms with Crippen molar-refractivity contribution in [3.63, 3.8) is 0 Å². The summed E-state index contributed by atoms with van der Waals surface area (Å²) in [5.41, 5.74) is 0.724. The second kappa shape index (κ2) is 8.28. The van der Waals surface area contributed by atoms with Gasteiger partial charge in [-0.15, -0.1) is 11.3 Å². The Labute approximate surface area is 170 Å². The average molecular weight is 469 g/mol. The van der Waals surface area contributed by atoms with Crippen molar-refractivity contribution >= 4 is 42.4 Å². The summed E-state index contributed by atoms with van der Waals surface area (Å²) in [6.45, 7) is 0.0890. The molecule has 3 rings (SSSR count). The molecule has 0 aliphatic carbocycles. The molecule has 3 aromatic rings. The maximum absolute atomic E-state index is 13.2. The number of thiazole rings is 1. The van der Waals surface area contributed by atoms with Crippen LogP contribution in [0.15, 0.2) is 63.4 Å². The maximum atomic E-state index is 13.2. The first-order chi connectivity index (χ1) is 13.0. The molecule has 0 bridgehead atoms. The third-order valence-corrected chi connectivity index (χ3v) is 7.23. The van der Waals surface area contributed by atoms with Crippen LogP contribution in [0, 0.1) is 0 Å². The van der Waals surface area contributed by atoms with E-state index >= 15 is 0 Å². The van der Waals surface area contributed by atoms with Gasteiger partial charge in [-0.25, -0.2) is 17.7 Å². The van der Waals surface area contributed by atoms with E-state index in [1.807, 2.05) is 0 Å². The van der Waals surface area contributed by atoms with Crippen LogP contribution in [-0.4, -0.2) is 27.6 Å². The lowest BCUT2D eigenvalue weighted by atomic mass is 10.2. The van der Waals surface area contributed by atoms with Gasteiger partial charge in [0.05, 0.1) is 25.7 Å². The Bertz CT molecular complexity index is 1010. The van der Waals surface area contributed by atoms with Gasteiger partial charge >= 0.3 is 0 Å². The normalized spacial score (nSPS) is 11.2. The predicted octanol–water partition coefficient (Wildman–Crippen LogP) is 4.32. The molecule has 0 aliphatic rings. The zero-order valence-electron chi connectivity index (χ0n) is 14.6. The van der Waals surface area contributed by atoms with Crippen molar-refractivity contribution in [1.29, 1.82) is 0 Å². The van der Waals surface area contributed by atoms with Crippen LogP contribution in [0.5, 0.6) is 11.5 Å². The van der Waals surface area contributed by atoms with Crippen molar-refractivity contribution in [2.24, 2.45) is 0 Å². The van der Waals surface area contributed by atoms with E-state index in [2.05, 4.69) is 20.9 Å². The summed E-state index contributed by atoms with van der Waals surface area (Å²) in [5.74, 6) is 1.08. The van der Waals surface area contributed by atoms with Gasteiger partial charge in [-0.3, -0.25) is 0 Å². The molecule has 0 spiro atoms. The van der Waals surface area contributed by atoms with E-state index in [-0.39, 0.29) is 11.4 Å². The minimum Gasteiger partial charge on any atom is -0.493 e. The smallest absolute Gasteiger partial charge is 0.266 e. The van der Waals surface area contributed by atoms with Gasteiger partial charge in [0, 0.05) is 16.0 Å². The molecule has 0 saturated carbocycles.